The molecule has 6 nitrogen and oxygen atoms in total. The van der Waals surface area contributed by atoms with Crippen LogP contribution in [0.3, 0.4) is 0 Å². The number of carbonyl (C=O) groups is 1. The van der Waals surface area contributed by atoms with E-state index in [1.165, 1.54) is 6.21 Å². The lowest BCUT2D eigenvalue weighted by atomic mass is 9.83. The summed E-state index contributed by atoms with van der Waals surface area (Å²) in [7, 11) is 4.71. The van der Waals surface area contributed by atoms with E-state index in [9.17, 15) is 9.90 Å². The third-order valence-corrected chi connectivity index (χ3v) is 4.78. The Kier molecular flexibility index (Phi) is 5.99. The topological polar surface area (TPSA) is 77.4 Å². The number of ketones is 1. The fourth-order valence-electron chi connectivity index (χ4n) is 3.21. The number of aliphatic hydroxyl groups excluding tert-OH is 1. The van der Waals surface area contributed by atoms with E-state index in [0.717, 1.165) is 11.3 Å². The van der Waals surface area contributed by atoms with Crippen molar-refractivity contribution in [2.45, 2.75) is 18.8 Å². The minimum absolute atomic E-state index is 0.0568. The largest absolute Gasteiger partial charge is 0.511 e. The molecule has 0 spiro atoms. The Labute approximate surface area is 164 Å². The van der Waals surface area contributed by atoms with E-state index in [2.05, 4.69) is 4.99 Å². The predicted octanol–water partition coefficient (Wildman–Crippen LogP) is 4.37. The SMILES string of the molecule is COc1ccc(C2CC(=O)C(C=Nc3ccc(OC)c(OC)c3)=C(O)C2)cc1. The molecule has 0 aliphatic heterocycles. The maximum absolute atomic E-state index is 12.6. The molecule has 1 unspecified atom stereocenters. The van der Waals surface area contributed by atoms with Crippen molar-refractivity contribution in [1.29, 1.82) is 0 Å². The molecule has 0 aromatic heterocycles. The summed E-state index contributed by atoms with van der Waals surface area (Å²) in [5.41, 5.74) is 1.85. The van der Waals surface area contributed by atoms with Gasteiger partial charge in [-0.2, -0.15) is 0 Å². The van der Waals surface area contributed by atoms with E-state index < -0.39 is 0 Å². The second kappa shape index (κ2) is 8.61. The maximum Gasteiger partial charge on any atom is 0.168 e. The zero-order chi connectivity index (χ0) is 20.1. The smallest absolute Gasteiger partial charge is 0.168 e. The lowest BCUT2D eigenvalue weighted by molar-refractivity contribution is -0.116. The van der Waals surface area contributed by atoms with Crippen LogP contribution in [0.2, 0.25) is 0 Å². The number of nitrogens with zero attached hydrogens (tertiary/aromatic N) is 1. The molecule has 0 saturated carbocycles. The fourth-order valence-corrected chi connectivity index (χ4v) is 3.21. The summed E-state index contributed by atoms with van der Waals surface area (Å²) in [6.45, 7) is 0. The maximum atomic E-state index is 12.6. The van der Waals surface area contributed by atoms with Crippen LogP contribution in [0.25, 0.3) is 0 Å². The highest BCUT2D eigenvalue weighted by atomic mass is 16.5. The van der Waals surface area contributed by atoms with E-state index in [4.69, 9.17) is 14.2 Å². The van der Waals surface area contributed by atoms with E-state index in [1.54, 1.807) is 39.5 Å². The number of allylic oxidation sites excluding steroid dienone is 2. The molecule has 1 aliphatic carbocycles. The van der Waals surface area contributed by atoms with Crippen molar-refractivity contribution in [3.05, 3.63) is 59.4 Å². The van der Waals surface area contributed by atoms with E-state index >= 15 is 0 Å². The molecule has 6 heteroatoms. The first-order valence-electron chi connectivity index (χ1n) is 8.91. The van der Waals surface area contributed by atoms with Crippen LogP contribution in [-0.2, 0) is 4.79 Å². The van der Waals surface area contributed by atoms with Gasteiger partial charge in [0.15, 0.2) is 17.3 Å². The van der Waals surface area contributed by atoms with Crippen molar-refractivity contribution in [2.24, 2.45) is 4.99 Å². The summed E-state index contributed by atoms with van der Waals surface area (Å²) < 4.78 is 15.6. The van der Waals surface area contributed by atoms with Crippen molar-refractivity contribution in [2.75, 3.05) is 21.3 Å². The van der Waals surface area contributed by atoms with Crippen LogP contribution in [0.5, 0.6) is 17.2 Å². The molecular formula is C22H23NO5. The van der Waals surface area contributed by atoms with Crippen LogP contribution in [0.1, 0.15) is 24.3 Å². The van der Waals surface area contributed by atoms with Gasteiger partial charge >= 0.3 is 0 Å². The van der Waals surface area contributed by atoms with Crippen LogP contribution < -0.4 is 14.2 Å². The van der Waals surface area contributed by atoms with Crippen molar-refractivity contribution < 1.29 is 24.1 Å². The normalized spacial score (nSPS) is 17.1. The van der Waals surface area contributed by atoms with Gasteiger partial charge < -0.3 is 19.3 Å². The van der Waals surface area contributed by atoms with Crippen molar-refractivity contribution in [3.8, 4) is 17.2 Å². The van der Waals surface area contributed by atoms with Crippen molar-refractivity contribution >= 4 is 17.7 Å². The van der Waals surface area contributed by atoms with Gasteiger partial charge in [-0.25, -0.2) is 0 Å². The number of methoxy groups -OCH3 is 3. The lowest BCUT2D eigenvalue weighted by Gasteiger charge is -2.22. The third kappa shape index (κ3) is 4.17. The van der Waals surface area contributed by atoms with Gasteiger partial charge in [0.25, 0.3) is 0 Å². The van der Waals surface area contributed by atoms with Crippen LogP contribution in [0.4, 0.5) is 5.69 Å². The Morgan fingerprint density at radius 2 is 1.68 bits per heavy atom. The van der Waals surface area contributed by atoms with E-state index in [1.807, 2.05) is 24.3 Å². The second-order valence-electron chi connectivity index (χ2n) is 6.46. The molecule has 146 valence electrons. The number of Topliss-reactive ketones (excluding diaryl/α,β-unsaturated/α-hetero) is 1. The molecule has 28 heavy (non-hydrogen) atoms. The number of hydrogen-bond acceptors (Lipinski definition) is 6. The van der Waals surface area contributed by atoms with Crippen molar-refractivity contribution in [3.63, 3.8) is 0 Å². The Hall–Kier alpha value is -3.28. The first kappa shape index (κ1) is 19.5. The summed E-state index contributed by atoms with van der Waals surface area (Å²) in [6.07, 6.45) is 2.14. The molecule has 0 fully saturated rings. The molecule has 0 saturated heterocycles. The van der Waals surface area contributed by atoms with Crippen LogP contribution >= 0.6 is 0 Å². The van der Waals surface area contributed by atoms with Gasteiger partial charge in [-0.05, 0) is 35.7 Å². The molecule has 3 rings (SSSR count). The molecule has 1 aliphatic rings. The Bertz CT molecular complexity index is 915. The fraction of sp³-hybridized carbons (Fsp3) is 0.273. The summed E-state index contributed by atoms with van der Waals surface area (Å²) in [4.78, 5) is 16.9. The minimum Gasteiger partial charge on any atom is -0.511 e. The average molecular weight is 381 g/mol. The highest BCUT2D eigenvalue weighted by Crippen LogP contribution is 2.35. The van der Waals surface area contributed by atoms with Crippen LogP contribution in [-0.4, -0.2) is 38.4 Å². The highest BCUT2D eigenvalue weighted by molar-refractivity contribution is 6.15. The lowest BCUT2D eigenvalue weighted by Crippen LogP contribution is -2.19. The molecular weight excluding hydrogens is 358 g/mol. The first-order valence-corrected chi connectivity index (χ1v) is 8.91. The number of carbonyl (C=O) groups excluding carboxylic acids is 1. The van der Waals surface area contributed by atoms with E-state index in [-0.39, 0.29) is 23.0 Å². The number of aliphatic hydroxyl groups is 1. The summed E-state index contributed by atoms with van der Waals surface area (Å²) in [6, 6.07) is 12.8. The Morgan fingerprint density at radius 3 is 2.29 bits per heavy atom. The molecule has 0 radical (unpaired) electrons. The van der Waals surface area contributed by atoms with Gasteiger partial charge in [0.2, 0.25) is 0 Å². The monoisotopic (exact) mass is 381 g/mol. The van der Waals surface area contributed by atoms with Gasteiger partial charge in [-0.15, -0.1) is 0 Å². The van der Waals surface area contributed by atoms with Gasteiger partial charge in [-0.1, -0.05) is 12.1 Å². The molecule has 2 aromatic rings. The van der Waals surface area contributed by atoms with Gasteiger partial charge in [-0.3, -0.25) is 9.79 Å². The number of hydrogen-bond donors (Lipinski definition) is 1. The summed E-state index contributed by atoms with van der Waals surface area (Å²) in [5.74, 6) is 1.77. The molecule has 1 N–H and O–H groups in total. The van der Waals surface area contributed by atoms with E-state index in [0.29, 0.717) is 30.0 Å². The second-order valence-corrected chi connectivity index (χ2v) is 6.46. The molecule has 0 amide bonds. The number of aliphatic imine (C=N–C) groups is 1. The Balaban J connectivity index is 1.79. The number of ether oxygens (including phenoxy) is 3. The summed E-state index contributed by atoms with van der Waals surface area (Å²) >= 11 is 0. The molecule has 2 aromatic carbocycles. The van der Waals surface area contributed by atoms with Crippen LogP contribution in [0, 0.1) is 0 Å². The quantitative estimate of drug-likeness (QED) is 0.752. The number of benzene rings is 2. The minimum atomic E-state index is -0.131. The van der Waals surface area contributed by atoms with Crippen LogP contribution in [0.15, 0.2) is 58.8 Å². The van der Waals surface area contributed by atoms with Crippen molar-refractivity contribution in [1.82, 2.24) is 0 Å². The standard InChI is InChI=1S/C22H23NO5/c1-26-17-7-4-14(5-8-17)15-10-19(24)18(20(25)11-15)13-23-16-6-9-21(27-2)22(12-16)28-3/h4-9,12-13,15,24H,10-11H2,1-3H3. The third-order valence-electron chi connectivity index (χ3n) is 4.78. The number of rotatable bonds is 6. The van der Waals surface area contributed by atoms with Gasteiger partial charge in [0.1, 0.15) is 11.5 Å². The average Bonchev–Trinajstić information content (AvgIpc) is 2.72. The Morgan fingerprint density at radius 1 is 0.964 bits per heavy atom. The molecule has 1 atom stereocenters. The first-order chi connectivity index (χ1) is 13.5. The molecule has 0 bridgehead atoms. The molecule has 0 heterocycles. The van der Waals surface area contributed by atoms with Gasteiger partial charge in [0.05, 0.1) is 32.6 Å². The zero-order valence-corrected chi connectivity index (χ0v) is 16.1. The zero-order valence-electron chi connectivity index (χ0n) is 16.1. The highest BCUT2D eigenvalue weighted by Gasteiger charge is 2.27. The summed E-state index contributed by atoms with van der Waals surface area (Å²) in [5, 5.41) is 10.4. The predicted molar refractivity (Wildman–Crippen MR) is 107 cm³/mol. The van der Waals surface area contributed by atoms with Gasteiger partial charge in [0, 0.05) is 25.1 Å².